The molecule has 0 unspecified atom stereocenters. The fourth-order valence-corrected chi connectivity index (χ4v) is 3.33. The molecular weight excluding hydrogens is 408 g/mol. The Kier molecular flexibility index (Phi) is 6.60. The number of hydrogen-bond acceptors (Lipinski definition) is 6. The van der Waals surface area contributed by atoms with Crippen molar-refractivity contribution in [2.45, 2.75) is 13.5 Å². The lowest BCUT2D eigenvalue weighted by atomic mass is 10.1. The Bertz CT molecular complexity index is 1130. The number of benzene rings is 3. The molecule has 0 radical (unpaired) electrons. The van der Waals surface area contributed by atoms with E-state index in [1.807, 2.05) is 49.4 Å². The molecule has 3 aromatic carbocycles. The maximum Gasteiger partial charge on any atom is 0.231 e. The van der Waals surface area contributed by atoms with Gasteiger partial charge in [-0.3, -0.25) is 4.79 Å². The minimum Gasteiger partial charge on any atom is -0.496 e. The summed E-state index contributed by atoms with van der Waals surface area (Å²) in [7, 11) is 1.62. The first kappa shape index (κ1) is 21.3. The molecule has 6 heteroatoms. The third-order valence-electron chi connectivity index (χ3n) is 4.92. The second kappa shape index (κ2) is 9.92. The number of rotatable bonds is 9. The molecule has 6 nitrogen and oxygen atoms in total. The molecule has 0 N–H and O–H groups in total. The standard InChI is InChI=1S/C26H24O6/c1-3-29-23-6-4-5-7-24(23)30-16-20-14-18(9-12-22(20)28-2)8-11-21(27)19-10-13-25-26(15-19)32-17-31-25/h4-15H,3,16-17H2,1-2H3/b11-8+. The maximum absolute atomic E-state index is 12.6. The molecule has 1 aliphatic rings. The summed E-state index contributed by atoms with van der Waals surface area (Å²) in [4.78, 5) is 12.6. The van der Waals surface area contributed by atoms with Crippen molar-refractivity contribution in [2.75, 3.05) is 20.5 Å². The lowest BCUT2D eigenvalue weighted by molar-refractivity contribution is 0.104. The second-order valence-corrected chi connectivity index (χ2v) is 7.01. The Morgan fingerprint density at radius 3 is 2.50 bits per heavy atom. The van der Waals surface area contributed by atoms with Gasteiger partial charge in [-0.05, 0) is 61.0 Å². The van der Waals surface area contributed by atoms with E-state index in [0.29, 0.717) is 47.5 Å². The number of para-hydroxylation sites is 2. The minimum absolute atomic E-state index is 0.123. The Labute approximate surface area is 186 Å². The fraction of sp³-hybridized carbons (Fsp3) is 0.192. The second-order valence-electron chi connectivity index (χ2n) is 7.01. The lowest BCUT2D eigenvalue weighted by Crippen LogP contribution is -2.01. The number of ether oxygens (including phenoxy) is 5. The highest BCUT2D eigenvalue weighted by Gasteiger charge is 2.15. The van der Waals surface area contributed by atoms with Crippen LogP contribution >= 0.6 is 0 Å². The first-order valence-corrected chi connectivity index (χ1v) is 10.3. The van der Waals surface area contributed by atoms with Gasteiger partial charge in [0.1, 0.15) is 12.4 Å². The van der Waals surface area contributed by atoms with Crippen LogP contribution in [0.25, 0.3) is 6.08 Å². The van der Waals surface area contributed by atoms with Gasteiger partial charge in [-0.15, -0.1) is 0 Å². The van der Waals surface area contributed by atoms with E-state index in [0.717, 1.165) is 11.1 Å². The summed E-state index contributed by atoms with van der Waals surface area (Å²) < 4.78 is 27.7. The van der Waals surface area contributed by atoms with Crippen molar-refractivity contribution in [3.63, 3.8) is 0 Å². The van der Waals surface area contributed by atoms with E-state index in [4.69, 9.17) is 23.7 Å². The van der Waals surface area contributed by atoms with Gasteiger partial charge in [-0.2, -0.15) is 0 Å². The highest BCUT2D eigenvalue weighted by molar-refractivity contribution is 6.07. The van der Waals surface area contributed by atoms with E-state index in [9.17, 15) is 4.79 Å². The van der Waals surface area contributed by atoms with Crippen molar-refractivity contribution in [2.24, 2.45) is 0 Å². The highest BCUT2D eigenvalue weighted by atomic mass is 16.7. The smallest absolute Gasteiger partial charge is 0.231 e. The summed E-state index contributed by atoms with van der Waals surface area (Å²) >= 11 is 0. The van der Waals surface area contributed by atoms with E-state index in [1.165, 1.54) is 6.08 Å². The molecule has 0 amide bonds. The number of carbonyl (C=O) groups is 1. The topological polar surface area (TPSA) is 63.2 Å². The first-order valence-electron chi connectivity index (χ1n) is 10.3. The summed E-state index contributed by atoms with van der Waals surface area (Å²) in [5, 5.41) is 0. The van der Waals surface area contributed by atoms with Crippen LogP contribution in [-0.2, 0) is 6.61 Å². The number of carbonyl (C=O) groups excluding carboxylic acids is 1. The summed E-state index contributed by atoms with van der Waals surface area (Å²) in [6.45, 7) is 2.96. The van der Waals surface area contributed by atoms with Gasteiger partial charge in [0.2, 0.25) is 6.79 Å². The van der Waals surface area contributed by atoms with E-state index in [-0.39, 0.29) is 12.6 Å². The highest BCUT2D eigenvalue weighted by Crippen LogP contribution is 2.33. The third kappa shape index (κ3) is 4.86. The molecule has 4 rings (SSSR count). The molecule has 32 heavy (non-hydrogen) atoms. The SMILES string of the molecule is CCOc1ccccc1OCc1cc(/C=C/C(=O)c2ccc3c(c2)OCO3)ccc1OC. The van der Waals surface area contributed by atoms with Crippen LogP contribution in [0, 0.1) is 0 Å². The Balaban J connectivity index is 1.48. The quantitative estimate of drug-likeness (QED) is 0.338. The number of hydrogen-bond donors (Lipinski definition) is 0. The predicted molar refractivity (Wildman–Crippen MR) is 121 cm³/mol. The molecule has 3 aromatic rings. The van der Waals surface area contributed by atoms with Gasteiger partial charge >= 0.3 is 0 Å². The van der Waals surface area contributed by atoms with Crippen molar-refractivity contribution >= 4 is 11.9 Å². The predicted octanol–water partition coefficient (Wildman–Crippen LogP) is 5.30. The van der Waals surface area contributed by atoms with Gasteiger partial charge < -0.3 is 23.7 Å². The van der Waals surface area contributed by atoms with Gasteiger partial charge in [0.05, 0.1) is 13.7 Å². The van der Waals surface area contributed by atoms with Crippen LogP contribution in [0.5, 0.6) is 28.7 Å². The zero-order chi connectivity index (χ0) is 22.3. The minimum atomic E-state index is -0.123. The van der Waals surface area contributed by atoms with Crippen LogP contribution in [0.2, 0.25) is 0 Å². The molecule has 1 aliphatic heterocycles. The van der Waals surface area contributed by atoms with Gasteiger partial charge in [0, 0.05) is 11.1 Å². The monoisotopic (exact) mass is 432 g/mol. The molecule has 0 bridgehead atoms. The van der Waals surface area contributed by atoms with Crippen LogP contribution in [0.1, 0.15) is 28.4 Å². The molecule has 164 valence electrons. The van der Waals surface area contributed by atoms with E-state index >= 15 is 0 Å². The van der Waals surface area contributed by atoms with Gasteiger partial charge in [-0.25, -0.2) is 0 Å². The van der Waals surface area contributed by atoms with Crippen LogP contribution < -0.4 is 23.7 Å². The summed E-state index contributed by atoms with van der Waals surface area (Å²) in [5.74, 6) is 3.17. The Morgan fingerprint density at radius 1 is 0.938 bits per heavy atom. The average Bonchev–Trinajstić information content (AvgIpc) is 3.30. The van der Waals surface area contributed by atoms with Gasteiger partial charge in [0.25, 0.3) is 0 Å². The number of methoxy groups -OCH3 is 1. The van der Waals surface area contributed by atoms with Crippen LogP contribution in [0.15, 0.2) is 66.7 Å². The molecule has 0 aliphatic carbocycles. The largest absolute Gasteiger partial charge is 0.496 e. The molecule has 0 atom stereocenters. The van der Waals surface area contributed by atoms with Crippen molar-refractivity contribution < 1.29 is 28.5 Å². The van der Waals surface area contributed by atoms with Crippen molar-refractivity contribution in [3.05, 3.63) is 83.4 Å². The van der Waals surface area contributed by atoms with Crippen LogP contribution in [-0.4, -0.2) is 26.3 Å². The van der Waals surface area contributed by atoms with Crippen LogP contribution in [0.4, 0.5) is 0 Å². The maximum atomic E-state index is 12.6. The van der Waals surface area contributed by atoms with Gasteiger partial charge in [0.15, 0.2) is 28.8 Å². The summed E-state index contributed by atoms with van der Waals surface area (Å²) in [6, 6.07) is 18.4. The van der Waals surface area contributed by atoms with Crippen molar-refractivity contribution in [1.29, 1.82) is 0 Å². The van der Waals surface area contributed by atoms with E-state index < -0.39 is 0 Å². The van der Waals surface area contributed by atoms with Gasteiger partial charge in [-0.1, -0.05) is 24.3 Å². The normalized spacial score (nSPS) is 12.1. The van der Waals surface area contributed by atoms with Crippen molar-refractivity contribution in [3.8, 4) is 28.7 Å². The molecule has 0 aromatic heterocycles. The molecule has 0 saturated carbocycles. The molecule has 0 spiro atoms. The molecular formula is C26H24O6. The number of fused-ring (bicyclic) bond motifs is 1. The Morgan fingerprint density at radius 2 is 1.72 bits per heavy atom. The molecule has 0 saturated heterocycles. The van der Waals surface area contributed by atoms with E-state index in [1.54, 1.807) is 31.4 Å². The zero-order valence-corrected chi connectivity index (χ0v) is 18.0. The Hall–Kier alpha value is -3.93. The summed E-state index contributed by atoms with van der Waals surface area (Å²) in [5.41, 5.74) is 2.25. The fourth-order valence-electron chi connectivity index (χ4n) is 3.33. The summed E-state index contributed by atoms with van der Waals surface area (Å²) in [6.07, 6.45) is 3.30. The number of allylic oxidation sites excluding steroid dienone is 1. The number of ketones is 1. The lowest BCUT2D eigenvalue weighted by Gasteiger charge is -2.14. The van der Waals surface area contributed by atoms with Crippen LogP contribution in [0.3, 0.4) is 0 Å². The third-order valence-corrected chi connectivity index (χ3v) is 4.92. The van der Waals surface area contributed by atoms with E-state index in [2.05, 4.69) is 0 Å². The average molecular weight is 432 g/mol. The zero-order valence-electron chi connectivity index (χ0n) is 18.0. The van der Waals surface area contributed by atoms with Crippen molar-refractivity contribution in [1.82, 2.24) is 0 Å². The first-order chi connectivity index (χ1) is 15.7. The molecule has 1 heterocycles. The molecule has 0 fully saturated rings.